The largest absolute Gasteiger partial charge is 0.493 e. The number of ether oxygens (including phenoxy) is 1. The van der Waals surface area contributed by atoms with Gasteiger partial charge in [0.05, 0.1) is 13.2 Å². The molecule has 3 aromatic carbocycles. The average Bonchev–Trinajstić information content (AvgIpc) is 2.89. The molecule has 0 aliphatic carbocycles. The van der Waals surface area contributed by atoms with E-state index in [0.29, 0.717) is 23.8 Å². The molecule has 4 rings (SSSR count). The van der Waals surface area contributed by atoms with E-state index >= 15 is 0 Å². The van der Waals surface area contributed by atoms with Gasteiger partial charge in [0.2, 0.25) is 5.91 Å². The van der Waals surface area contributed by atoms with Gasteiger partial charge in [-0.3, -0.25) is 9.59 Å². The molecule has 1 fully saturated rings. The summed E-state index contributed by atoms with van der Waals surface area (Å²) in [5, 5.41) is 6.01. The third-order valence-corrected chi connectivity index (χ3v) is 6.28. The molecular formula is C29H33N3O3. The Bertz CT molecular complexity index is 1110. The number of nitrogens with zero attached hydrogens (tertiary/aromatic N) is 1. The quantitative estimate of drug-likeness (QED) is 0.448. The van der Waals surface area contributed by atoms with Crippen molar-refractivity contribution in [3.8, 4) is 5.75 Å². The Hall–Kier alpha value is -3.80. The van der Waals surface area contributed by atoms with Crippen molar-refractivity contribution in [1.29, 1.82) is 0 Å². The van der Waals surface area contributed by atoms with Crippen LogP contribution in [0.25, 0.3) is 0 Å². The Balaban J connectivity index is 1.21. The minimum Gasteiger partial charge on any atom is -0.493 e. The summed E-state index contributed by atoms with van der Waals surface area (Å²) in [5.74, 6) is 1.33. The van der Waals surface area contributed by atoms with E-state index in [1.165, 1.54) is 5.56 Å². The lowest BCUT2D eigenvalue weighted by molar-refractivity contribution is -0.114. The predicted octanol–water partition coefficient (Wildman–Crippen LogP) is 5.23. The van der Waals surface area contributed by atoms with Crippen molar-refractivity contribution in [2.75, 3.05) is 36.9 Å². The van der Waals surface area contributed by atoms with E-state index in [9.17, 15) is 9.59 Å². The standard InChI is InChI=1S/C29H33N3O3/c1-22-14-17-32(18-15-22)29(34)24-10-12-25(13-11-24)31-28(33)21-30-26-8-5-9-27(20-26)35-19-16-23-6-3-2-4-7-23/h2-13,20,22,30H,14-19,21H2,1H3,(H,31,33). The Morgan fingerprint density at radius 3 is 2.40 bits per heavy atom. The zero-order valence-electron chi connectivity index (χ0n) is 20.2. The van der Waals surface area contributed by atoms with Crippen LogP contribution in [0.4, 0.5) is 11.4 Å². The van der Waals surface area contributed by atoms with Crippen molar-refractivity contribution in [3.05, 3.63) is 90.0 Å². The highest BCUT2D eigenvalue weighted by Crippen LogP contribution is 2.20. The van der Waals surface area contributed by atoms with Crippen LogP contribution in [0.3, 0.4) is 0 Å². The summed E-state index contributed by atoms with van der Waals surface area (Å²) < 4.78 is 5.86. The molecule has 1 aliphatic rings. The summed E-state index contributed by atoms with van der Waals surface area (Å²) in [6, 6.07) is 24.9. The number of hydrogen-bond acceptors (Lipinski definition) is 4. The highest BCUT2D eigenvalue weighted by molar-refractivity contribution is 5.96. The first kappa shape index (κ1) is 24.3. The van der Waals surface area contributed by atoms with E-state index in [0.717, 1.165) is 43.8 Å². The Labute approximate surface area is 207 Å². The normalized spacial score (nSPS) is 13.8. The summed E-state index contributed by atoms with van der Waals surface area (Å²) in [7, 11) is 0. The fourth-order valence-corrected chi connectivity index (χ4v) is 4.11. The first-order chi connectivity index (χ1) is 17.1. The summed E-state index contributed by atoms with van der Waals surface area (Å²) in [5.41, 5.74) is 3.37. The molecule has 1 aliphatic heterocycles. The molecule has 6 nitrogen and oxygen atoms in total. The Morgan fingerprint density at radius 2 is 1.66 bits per heavy atom. The van der Waals surface area contributed by atoms with Crippen LogP contribution in [-0.4, -0.2) is 43.0 Å². The molecule has 0 aromatic heterocycles. The van der Waals surface area contributed by atoms with E-state index < -0.39 is 0 Å². The maximum Gasteiger partial charge on any atom is 0.253 e. The lowest BCUT2D eigenvalue weighted by Gasteiger charge is -2.30. The number of amides is 2. The Kier molecular flexibility index (Phi) is 8.39. The highest BCUT2D eigenvalue weighted by Gasteiger charge is 2.21. The molecule has 0 bridgehead atoms. The van der Waals surface area contributed by atoms with Crippen molar-refractivity contribution in [2.45, 2.75) is 26.2 Å². The highest BCUT2D eigenvalue weighted by atomic mass is 16.5. The van der Waals surface area contributed by atoms with Crippen LogP contribution >= 0.6 is 0 Å². The smallest absolute Gasteiger partial charge is 0.253 e. The molecule has 0 radical (unpaired) electrons. The van der Waals surface area contributed by atoms with E-state index in [1.54, 1.807) is 24.3 Å². The van der Waals surface area contributed by atoms with Crippen LogP contribution in [-0.2, 0) is 11.2 Å². The predicted molar refractivity (Wildman–Crippen MR) is 140 cm³/mol. The van der Waals surface area contributed by atoms with Gasteiger partial charge in [0.15, 0.2) is 0 Å². The van der Waals surface area contributed by atoms with Crippen molar-refractivity contribution >= 4 is 23.2 Å². The van der Waals surface area contributed by atoms with Gasteiger partial charge in [0.25, 0.3) is 5.91 Å². The molecule has 35 heavy (non-hydrogen) atoms. The monoisotopic (exact) mass is 471 g/mol. The van der Waals surface area contributed by atoms with Gasteiger partial charge >= 0.3 is 0 Å². The van der Waals surface area contributed by atoms with E-state index in [-0.39, 0.29) is 18.4 Å². The van der Waals surface area contributed by atoms with Gasteiger partial charge in [-0.15, -0.1) is 0 Å². The third kappa shape index (κ3) is 7.34. The SMILES string of the molecule is CC1CCN(C(=O)c2ccc(NC(=O)CNc3cccc(OCCc4ccccc4)c3)cc2)CC1. The van der Waals surface area contributed by atoms with Gasteiger partial charge in [0, 0.05) is 42.5 Å². The molecule has 0 saturated carbocycles. The van der Waals surface area contributed by atoms with Gasteiger partial charge in [-0.05, 0) is 60.7 Å². The summed E-state index contributed by atoms with van der Waals surface area (Å²) in [6.07, 6.45) is 2.94. The maximum atomic E-state index is 12.7. The number of nitrogens with one attached hydrogen (secondary N) is 2. The lowest BCUT2D eigenvalue weighted by atomic mass is 9.98. The van der Waals surface area contributed by atoms with E-state index in [1.807, 2.05) is 47.4 Å². The second-order valence-electron chi connectivity index (χ2n) is 9.07. The maximum absolute atomic E-state index is 12.7. The van der Waals surface area contributed by atoms with Crippen molar-refractivity contribution in [1.82, 2.24) is 4.90 Å². The number of carbonyl (C=O) groups excluding carboxylic acids is 2. The topological polar surface area (TPSA) is 70.7 Å². The number of rotatable bonds is 9. The van der Waals surface area contributed by atoms with Gasteiger partial charge in [-0.2, -0.15) is 0 Å². The molecule has 0 atom stereocenters. The number of carbonyl (C=O) groups is 2. The summed E-state index contributed by atoms with van der Waals surface area (Å²) in [4.78, 5) is 27.0. The van der Waals surface area contributed by atoms with Crippen LogP contribution in [0.15, 0.2) is 78.9 Å². The number of anilines is 2. The molecule has 6 heteroatoms. The fourth-order valence-electron chi connectivity index (χ4n) is 4.11. The molecule has 182 valence electrons. The molecule has 1 saturated heterocycles. The number of hydrogen-bond donors (Lipinski definition) is 2. The van der Waals surface area contributed by atoms with Crippen molar-refractivity contribution in [3.63, 3.8) is 0 Å². The second-order valence-corrected chi connectivity index (χ2v) is 9.07. The molecular weight excluding hydrogens is 438 g/mol. The average molecular weight is 472 g/mol. The zero-order valence-corrected chi connectivity index (χ0v) is 20.2. The van der Waals surface area contributed by atoms with Crippen molar-refractivity contribution < 1.29 is 14.3 Å². The fraction of sp³-hybridized carbons (Fsp3) is 0.310. The van der Waals surface area contributed by atoms with Gasteiger partial charge in [0.1, 0.15) is 5.75 Å². The number of benzene rings is 3. The molecule has 0 unspecified atom stereocenters. The Morgan fingerprint density at radius 1 is 0.914 bits per heavy atom. The van der Waals surface area contributed by atoms with E-state index in [2.05, 4.69) is 29.7 Å². The zero-order chi connectivity index (χ0) is 24.5. The first-order valence-corrected chi connectivity index (χ1v) is 12.3. The molecule has 2 N–H and O–H groups in total. The summed E-state index contributed by atoms with van der Waals surface area (Å²) >= 11 is 0. The van der Waals surface area contributed by atoms with Gasteiger partial charge in [-0.25, -0.2) is 0 Å². The molecule has 3 aromatic rings. The minimum atomic E-state index is -0.163. The van der Waals surface area contributed by atoms with Crippen LogP contribution in [0, 0.1) is 5.92 Å². The minimum absolute atomic E-state index is 0.0577. The summed E-state index contributed by atoms with van der Waals surface area (Å²) in [6.45, 7) is 4.56. The number of likely N-dealkylation sites (tertiary alicyclic amines) is 1. The van der Waals surface area contributed by atoms with Gasteiger partial charge in [-0.1, -0.05) is 43.3 Å². The van der Waals surface area contributed by atoms with Crippen LogP contribution in [0.5, 0.6) is 5.75 Å². The molecule has 1 heterocycles. The molecule has 0 spiro atoms. The lowest BCUT2D eigenvalue weighted by Crippen LogP contribution is -2.37. The van der Waals surface area contributed by atoms with Crippen LogP contribution < -0.4 is 15.4 Å². The third-order valence-electron chi connectivity index (χ3n) is 6.28. The molecule has 2 amide bonds. The van der Waals surface area contributed by atoms with Crippen LogP contribution in [0.2, 0.25) is 0 Å². The number of piperidine rings is 1. The second kappa shape index (κ2) is 12.1. The van der Waals surface area contributed by atoms with Gasteiger partial charge < -0.3 is 20.3 Å². The van der Waals surface area contributed by atoms with Crippen LogP contribution in [0.1, 0.15) is 35.7 Å². The first-order valence-electron chi connectivity index (χ1n) is 12.3. The van der Waals surface area contributed by atoms with Crippen molar-refractivity contribution in [2.24, 2.45) is 5.92 Å². The van der Waals surface area contributed by atoms with E-state index in [4.69, 9.17) is 4.74 Å².